The molecular weight excluding hydrogens is 316 g/mol. The van der Waals surface area contributed by atoms with Crippen molar-refractivity contribution in [3.8, 4) is 5.75 Å². The van der Waals surface area contributed by atoms with E-state index in [0.717, 1.165) is 16.1 Å². The number of nitrogens with zero attached hydrogens (tertiary/aromatic N) is 1. The lowest BCUT2D eigenvalue weighted by Gasteiger charge is -2.13. The molecule has 0 spiro atoms. The van der Waals surface area contributed by atoms with Crippen molar-refractivity contribution in [3.63, 3.8) is 0 Å². The zero-order valence-electron chi connectivity index (χ0n) is 14.1. The lowest BCUT2D eigenvalue weighted by atomic mass is 10.00. The Labute approximate surface area is 146 Å². The van der Waals surface area contributed by atoms with Gasteiger partial charge < -0.3 is 10.1 Å². The monoisotopic (exact) mass is 336 g/mol. The molecule has 0 aliphatic carbocycles. The first kappa shape index (κ1) is 16.9. The Morgan fingerprint density at radius 3 is 2.80 bits per heavy atom. The van der Waals surface area contributed by atoms with E-state index in [4.69, 9.17) is 4.74 Å². The average molecular weight is 336 g/mol. The smallest absolute Gasteiger partial charge is 0.257 e. The number of aryl methyl sites for hydroxylation is 1. The lowest BCUT2D eigenvalue weighted by molar-refractivity contribution is -0.124. The molecule has 1 N–H and O–H groups in total. The number of benzene rings is 2. The van der Waals surface area contributed by atoms with Gasteiger partial charge in [-0.2, -0.15) is 0 Å². The van der Waals surface area contributed by atoms with Gasteiger partial charge in [-0.25, -0.2) is 4.99 Å². The second-order valence-corrected chi connectivity index (χ2v) is 6.03. The summed E-state index contributed by atoms with van der Waals surface area (Å²) in [6.45, 7) is 2.33. The van der Waals surface area contributed by atoms with Gasteiger partial charge in [0.2, 0.25) is 0 Å². The zero-order chi connectivity index (χ0) is 17.6. The quantitative estimate of drug-likeness (QED) is 0.860. The largest absolute Gasteiger partial charge is 0.484 e. The van der Waals surface area contributed by atoms with Crippen LogP contribution in [0.25, 0.3) is 6.08 Å². The van der Waals surface area contributed by atoms with Crippen molar-refractivity contribution in [1.29, 1.82) is 0 Å². The van der Waals surface area contributed by atoms with Crippen LogP contribution in [0.15, 0.2) is 53.5 Å². The highest BCUT2D eigenvalue weighted by molar-refractivity contribution is 5.86. The number of amides is 2. The Morgan fingerprint density at radius 2 is 2.00 bits per heavy atom. The fraction of sp³-hybridized carbons (Fsp3) is 0.250. The normalized spacial score (nSPS) is 15.6. The lowest BCUT2D eigenvalue weighted by Crippen LogP contribution is -2.36. The molecule has 1 heterocycles. The summed E-state index contributed by atoms with van der Waals surface area (Å²) in [6, 6.07) is 15.0. The molecule has 0 aromatic heterocycles. The highest BCUT2D eigenvalue weighted by Gasteiger charge is 2.18. The van der Waals surface area contributed by atoms with Crippen LogP contribution in [0.1, 0.15) is 12.0 Å². The van der Waals surface area contributed by atoms with Crippen LogP contribution in [0.4, 0.5) is 0 Å². The van der Waals surface area contributed by atoms with Gasteiger partial charge in [0.05, 0.1) is 11.3 Å². The van der Waals surface area contributed by atoms with Crippen LogP contribution in [0.3, 0.4) is 0 Å². The standard InChI is InChI=1S/C20H20N2O3/c1-14-7-8-15-12-16(20(24)22-18(15)11-14)9-10-21-19(23)13-25-17-5-3-2-4-6-17/h2-8,11-12,16H,9-10,13H2,1H3,(H,21,23). The molecule has 1 atom stereocenters. The molecule has 1 unspecified atom stereocenters. The molecule has 2 aromatic rings. The third kappa shape index (κ3) is 4.53. The first-order chi connectivity index (χ1) is 12.1. The van der Waals surface area contributed by atoms with Crippen molar-refractivity contribution in [1.82, 2.24) is 5.32 Å². The van der Waals surface area contributed by atoms with E-state index in [-0.39, 0.29) is 24.3 Å². The highest BCUT2D eigenvalue weighted by atomic mass is 16.5. The first-order valence-electron chi connectivity index (χ1n) is 8.27. The van der Waals surface area contributed by atoms with E-state index in [2.05, 4.69) is 10.3 Å². The predicted molar refractivity (Wildman–Crippen MR) is 94.5 cm³/mol. The number of rotatable bonds is 6. The molecule has 0 saturated carbocycles. The summed E-state index contributed by atoms with van der Waals surface area (Å²) in [7, 11) is 0. The van der Waals surface area contributed by atoms with Crippen molar-refractivity contribution in [2.24, 2.45) is 10.9 Å². The van der Waals surface area contributed by atoms with Crippen LogP contribution in [-0.4, -0.2) is 25.0 Å². The van der Waals surface area contributed by atoms with E-state index in [1.54, 1.807) is 12.1 Å². The summed E-state index contributed by atoms with van der Waals surface area (Å²) >= 11 is 0. The number of ether oxygens (including phenoxy) is 1. The van der Waals surface area contributed by atoms with E-state index >= 15 is 0 Å². The van der Waals surface area contributed by atoms with E-state index in [9.17, 15) is 9.59 Å². The van der Waals surface area contributed by atoms with Gasteiger partial charge in [0.15, 0.2) is 6.61 Å². The van der Waals surface area contributed by atoms with Crippen LogP contribution in [0.5, 0.6) is 5.75 Å². The number of nitrogens with one attached hydrogen (secondary N) is 1. The minimum absolute atomic E-state index is 0.0428. The van der Waals surface area contributed by atoms with Crippen LogP contribution in [0, 0.1) is 12.8 Å². The Hall–Kier alpha value is -2.95. The number of carbonyl (C=O) groups excluding carboxylic acids is 2. The Morgan fingerprint density at radius 1 is 1.20 bits per heavy atom. The molecule has 3 rings (SSSR count). The Balaban J connectivity index is 1.49. The van der Waals surface area contributed by atoms with E-state index in [0.29, 0.717) is 18.7 Å². The van der Waals surface area contributed by atoms with Gasteiger partial charge in [0, 0.05) is 6.54 Å². The summed E-state index contributed by atoms with van der Waals surface area (Å²) in [5.74, 6) is -0.0161. The molecule has 0 fully saturated rings. The molecule has 0 bridgehead atoms. The zero-order valence-corrected chi connectivity index (χ0v) is 14.1. The molecule has 1 aliphatic rings. The van der Waals surface area contributed by atoms with Crippen LogP contribution >= 0.6 is 0 Å². The van der Waals surface area contributed by atoms with Gasteiger partial charge in [0.25, 0.3) is 11.8 Å². The minimum Gasteiger partial charge on any atom is -0.484 e. The van der Waals surface area contributed by atoms with Crippen molar-refractivity contribution >= 4 is 17.9 Å². The molecular formula is C20H20N2O3. The van der Waals surface area contributed by atoms with Gasteiger partial charge in [-0.05, 0) is 42.3 Å². The summed E-state index contributed by atoms with van der Waals surface area (Å²) in [4.78, 5) is 28.1. The van der Waals surface area contributed by atoms with Crippen LogP contribution in [-0.2, 0) is 9.59 Å². The van der Waals surface area contributed by atoms with Gasteiger partial charge in [-0.1, -0.05) is 36.4 Å². The summed E-state index contributed by atoms with van der Waals surface area (Å²) in [5, 5.41) is 4.47. The molecule has 128 valence electrons. The SMILES string of the molecule is Cc1ccc2c(c1)=NC(=O)C(CCNC(=O)COc1ccccc1)C=2. The third-order valence-electron chi connectivity index (χ3n) is 4.01. The molecule has 25 heavy (non-hydrogen) atoms. The number of hydrogen-bond acceptors (Lipinski definition) is 3. The van der Waals surface area contributed by atoms with Gasteiger partial charge in [-0.15, -0.1) is 0 Å². The number of hydrogen-bond donors (Lipinski definition) is 1. The number of carbonyl (C=O) groups is 2. The fourth-order valence-electron chi connectivity index (χ4n) is 2.67. The molecule has 0 saturated heterocycles. The maximum Gasteiger partial charge on any atom is 0.257 e. The average Bonchev–Trinajstić information content (AvgIpc) is 2.61. The number of para-hydroxylation sites is 1. The first-order valence-corrected chi connectivity index (χ1v) is 8.27. The molecule has 2 amide bonds. The van der Waals surface area contributed by atoms with E-state index in [1.165, 1.54) is 0 Å². The maximum absolute atomic E-state index is 12.1. The maximum atomic E-state index is 12.1. The van der Waals surface area contributed by atoms with E-state index < -0.39 is 0 Å². The highest BCUT2D eigenvalue weighted by Crippen LogP contribution is 2.09. The fourth-order valence-corrected chi connectivity index (χ4v) is 2.67. The van der Waals surface area contributed by atoms with Crippen molar-refractivity contribution < 1.29 is 14.3 Å². The predicted octanol–water partition coefficient (Wildman–Crippen LogP) is 1.14. The second kappa shape index (κ2) is 7.75. The molecule has 5 heteroatoms. The topological polar surface area (TPSA) is 67.8 Å². The van der Waals surface area contributed by atoms with Crippen molar-refractivity contribution in [2.45, 2.75) is 13.3 Å². The van der Waals surface area contributed by atoms with Crippen molar-refractivity contribution in [3.05, 3.63) is 64.7 Å². The minimum atomic E-state index is -0.300. The van der Waals surface area contributed by atoms with E-state index in [1.807, 2.05) is 49.4 Å². The Kier molecular flexibility index (Phi) is 5.23. The molecule has 0 radical (unpaired) electrons. The second-order valence-electron chi connectivity index (χ2n) is 6.03. The van der Waals surface area contributed by atoms with Crippen molar-refractivity contribution in [2.75, 3.05) is 13.2 Å². The Bertz CT molecular complexity index is 891. The summed E-state index contributed by atoms with van der Waals surface area (Å²) in [6.07, 6.45) is 2.45. The third-order valence-corrected chi connectivity index (χ3v) is 4.01. The summed E-state index contributed by atoms with van der Waals surface area (Å²) in [5.41, 5.74) is 1.08. The van der Waals surface area contributed by atoms with Gasteiger partial charge in [0.1, 0.15) is 5.75 Å². The molecule has 5 nitrogen and oxygen atoms in total. The van der Waals surface area contributed by atoms with Crippen LogP contribution < -0.4 is 20.6 Å². The molecule has 2 aromatic carbocycles. The molecule has 1 aliphatic heterocycles. The summed E-state index contributed by atoms with van der Waals surface area (Å²) < 4.78 is 5.38. The van der Waals surface area contributed by atoms with Crippen LogP contribution in [0.2, 0.25) is 0 Å². The number of fused-ring (bicyclic) bond motifs is 1. The van der Waals surface area contributed by atoms with Gasteiger partial charge >= 0.3 is 0 Å². The van der Waals surface area contributed by atoms with Gasteiger partial charge in [-0.3, -0.25) is 9.59 Å².